The number of benzene rings is 2. The van der Waals surface area contributed by atoms with Crippen LogP contribution in [0.5, 0.6) is 0 Å². The van der Waals surface area contributed by atoms with Gasteiger partial charge in [-0.15, -0.1) is 24.8 Å². The molecule has 7 heteroatoms. The maximum Gasteiger partial charge on any atom is 0.255 e. The quantitative estimate of drug-likeness (QED) is 0.741. The molecule has 0 saturated carbocycles. The molecule has 1 heterocycles. The van der Waals surface area contributed by atoms with Gasteiger partial charge in [-0.3, -0.25) is 4.79 Å². The van der Waals surface area contributed by atoms with Crippen LogP contribution in [0, 0.1) is 13.8 Å². The maximum atomic E-state index is 12.7. The molecule has 1 aliphatic rings. The predicted octanol–water partition coefficient (Wildman–Crippen LogP) is 4.35. The Morgan fingerprint density at radius 3 is 2.31 bits per heavy atom. The van der Waals surface area contributed by atoms with Crippen LogP contribution in [-0.2, 0) is 0 Å². The smallest absolute Gasteiger partial charge is 0.255 e. The highest BCUT2D eigenvalue weighted by Gasteiger charge is 2.24. The molecule has 3 rings (SSSR count). The van der Waals surface area contributed by atoms with Crippen LogP contribution in [0.25, 0.3) is 0 Å². The summed E-state index contributed by atoms with van der Waals surface area (Å²) in [6.07, 6.45) is 0. The number of nitrogens with zero attached hydrogens (tertiary/aromatic N) is 2. The highest BCUT2D eigenvalue weighted by atomic mass is 35.5. The molecule has 0 atom stereocenters. The van der Waals surface area contributed by atoms with E-state index < -0.39 is 0 Å². The van der Waals surface area contributed by atoms with Crippen molar-refractivity contribution in [1.29, 1.82) is 0 Å². The zero-order chi connectivity index (χ0) is 17.3. The van der Waals surface area contributed by atoms with Gasteiger partial charge >= 0.3 is 0 Å². The Morgan fingerprint density at radius 2 is 1.69 bits per heavy atom. The zero-order valence-electron chi connectivity index (χ0n) is 14.9. The number of anilines is 2. The molecule has 2 aromatic carbocycles. The van der Waals surface area contributed by atoms with Gasteiger partial charge < -0.3 is 15.5 Å². The molecule has 26 heavy (non-hydrogen) atoms. The topological polar surface area (TPSA) is 49.6 Å². The lowest BCUT2D eigenvalue weighted by Crippen LogP contribution is -2.49. The lowest BCUT2D eigenvalue weighted by atomic mass is 10.1. The van der Waals surface area contributed by atoms with Gasteiger partial charge in [0.05, 0.1) is 10.6 Å². The first kappa shape index (κ1) is 22.4. The lowest BCUT2D eigenvalue weighted by molar-refractivity contribution is 0.0747. The van der Waals surface area contributed by atoms with Crippen molar-refractivity contribution < 1.29 is 4.79 Å². The summed E-state index contributed by atoms with van der Waals surface area (Å²) < 4.78 is 0. The Bertz CT molecular complexity index is 775. The number of piperazine rings is 1. The van der Waals surface area contributed by atoms with Crippen LogP contribution in [0.2, 0.25) is 5.02 Å². The monoisotopic (exact) mass is 415 g/mol. The van der Waals surface area contributed by atoms with Gasteiger partial charge in [-0.1, -0.05) is 23.7 Å². The lowest BCUT2D eigenvalue weighted by Gasteiger charge is -2.37. The highest BCUT2D eigenvalue weighted by molar-refractivity contribution is 6.34. The standard InChI is InChI=1S/C19H22ClN3O.2ClH/c1-13-4-3-5-18(14(13)2)22-8-10-23(11-9-22)19(24)16-7-6-15(21)12-17(16)20;;/h3-7,12H,8-11,21H2,1-2H3;2*1H. The van der Waals surface area contributed by atoms with Gasteiger partial charge in [0, 0.05) is 37.6 Å². The number of amides is 1. The number of rotatable bonds is 2. The molecule has 1 amide bonds. The summed E-state index contributed by atoms with van der Waals surface area (Å²) >= 11 is 6.17. The fourth-order valence-electron chi connectivity index (χ4n) is 3.10. The largest absolute Gasteiger partial charge is 0.399 e. The Hall–Kier alpha value is -1.62. The van der Waals surface area contributed by atoms with Crippen LogP contribution in [-0.4, -0.2) is 37.0 Å². The summed E-state index contributed by atoms with van der Waals surface area (Å²) in [6.45, 7) is 7.29. The summed E-state index contributed by atoms with van der Waals surface area (Å²) in [7, 11) is 0. The number of hydrogen-bond acceptors (Lipinski definition) is 3. The number of hydrogen-bond donors (Lipinski definition) is 1. The number of nitrogens with two attached hydrogens (primary N) is 1. The van der Waals surface area contributed by atoms with Gasteiger partial charge in [-0.25, -0.2) is 0 Å². The second kappa shape index (κ2) is 9.36. The van der Waals surface area contributed by atoms with Gasteiger partial charge in [-0.05, 0) is 49.2 Å². The summed E-state index contributed by atoms with van der Waals surface area (Å²) in [6, 6.07) is 11.4. The molecule has 4 nitrogen and oxygen atoms in total. The van der Waals surface area contributed by atoms with Gasteiger partial charge in [-0.2, -0.15) is 0 Å². The predicted molar refractivity (Wildman–Crippen MR) is 114 cm³/mol. The van der Waals surface area contributed by atoms with E-state index in [0.29, 0.717) is 29.4 Å². The summed E-state index contributed by atoms with van der Waals surface area (Å²) in [5.74, 6) is -0.0272. The van der Waals surface area contributed by atoms with Crippen molar-refractivity contribution in [2.45, 2.75) is 13.8 Å². The Kier molecular flexibility index (Phi) is 8.07. The van der Waals surface area contributed by atoms with E-state index in [2.05, 4.69) is 36.9 Å². The minimum absolute atomic E-state index is 0. The molecule has 0 spiro atoms. The molecule has 0 bridgehead atoms. The van der Waals surface area contributed by atoms with Crippen molar-refractivity contribution in [3.8, 4) is 0 Å². The van der Waals surface area contributed by atoms with Crippen molar-refractivity contribution in [3.05, 3.63) is 58.1 Å². The zero-order valence-corrected chi connectivity index (χ0v) is 17.3. The summed E-state index contributed by atoms with van der Waals surface area (Å²) in [5, 5.41) is 0.414. The average Bonchev–Trinajstić information content (AvgIpc) is 2.57. The summed E-state index contributed by atoms with van der Waals surface area (Å²) in [5.41, 5.74) is 10.6. The van der Waals surface area contributed by atoms with E-state index in [9.17, 15) is 4.79 Å². The second-order valence-corrected chi connectivity index (χ2v) is 6.64. The molecular formula is C19H24Cl3N3O. The summed E-state index contributed by atoms with van der Waals surface area (Å²) in [4.78, 5) is 16.9. The van der Waals surface area contributed by atoms with Crippen molar-refractivity contribution in [3.63, 3.8) is 0 Å². The third-order valence-electron chi connectivity index (χ3n) is 4.71. The maximum absolute atomic E-state index is 12.7. The van der Waals surface area contributed by atoms with Crippen molar-refractivity contribution in [2.75, 3.05) is 36.8 Å². The van der Waals surface area contributed by atoms with E-state index in [1.54, 1.807) is 18.2 Å². The van der Waals surface area contributed by atoms with Gasteiger partial charge in [0.2, 0.25) is 0 Å². The number of nitrogen functional groups attached to an aromatic ring is 1. The van der Waals surface area contributed by atoms with Crippen LogP contribution >= 0.6 is 36.4 Å². The van der Waals surface area contributed by atoms with E-state index in [1.165, 1.54) is 16.8 Å². The van der Waals surface area contributed by atoms with Crippen LogP contribution in [0.3, 0.4) is 0 Å². The molecule has 2 N–H and O–H groups in total. The van der Waals surface area contributed by atoms with E-state index in [1.807, 2.05) is 4.90 Å². The third-order valence-corrected chi connectivity index (χ3v) is 5.02. The van der Waals surface area contributed by atoms with Crippen LogP contribution < -0.4 is 10.6 Å². The molecule has 0 aromatic heterocycles. The van der Waals surface area contributed by atoms with E-state index in [-0.39, 0.29) is 30.7 Å². The van der Waals surface area contributed by atoms with Gasteiger partial charge in [0.15, 0.2) is 0 Å². The first-order valence-electron chi connectivity index (χ1n) is 8.13. The first-order valence-corrected chi connectivity index (χ1v) is 8.50. The molecule has 1 aliphatic heterocycles. The van der Waals surface area contributed by atoms with E-state index >= 15 is 0 Å². The second-order valence-electron chi connectivity index (χ2n) is 6.24. The van der Waals surface area contributed by atoms with Gasteiger partial charge in [0.25, 0.3) is 5.91 Å². The van der Waals surface area contributed by atoms with Gasteiger partial charge in [0.1, 0.15) is 0 Å². The Labute approximate surface area is 172 Å². The third kappa shape index (κ3) is 4.56. The molecule has 1 fully saturated rings. The molecule has 0 radical (unpaired) electrons. The molecule has 142 valence electrons. The van der Waals surface area contributed by atoms with Crippen molar-refractivity contribution >= 4 is 53.7 Å². The molecule has 2 aromatic rings. The fraction of sp³-hybridized carbons (Fsp3) is 0.316. The molecular weight excluding hydrogens is 393 g/mol. The first-order chi connectivity index (χ1) is 11.5. The number of aryl methyl sites for hydroxylation is 1. The normalized spacial score (nSPS) is 13.7. The molecule has 1 saturated heterocycles. The van der Waals surface area contributed by atoms with Crippen LogP contribution in [0.1, 0.15) is 21.5 Å². The van der Waals surface area contributed by atoms with Crippen molar-refractivity contribution in [1.82, 2.24) is 4.90 Å². The number of halogens is 3. The van der Waals surface area contributed by atoms with Crippen LogP contribution in [0.15, 0.2) is 36.4 Å². The van der Waals surface area contributed by atoms with E-state index in [4.69, 9.17) is 17.3 Å². The Balaban J connectivity index is 0.00000169. The minimum Gasteiger partial charge on any atom is -0.399 e. The van der Waals surface area contributed by atoms with Crippen LogP contribution in [0.4, 0.5) is 11.4 Å². The van der Waals surface area contributed by atoms with E-state index in [0.717, 1.165) is 13.1 Å². The average molecular weight is 417 g/mol. The molecule has 0 unspecified atom stereocenters. The highest BCUT2D eigenvalue weighted by Crippen LogP contribution is 2.25. The minimum atomic E-state index is -0.0272. The molecule has 0 aliphatic carbocycles. The number of carbonyl (C=O) groups excluding carboxylic acids is 1. The number of carbonyl (C=O) groups is 1. The SMILES string of the molecule is Cc1cccc(N2CCN(C(=O)c3ccc(N)cc3Cl)CC2)c1C.Cl.Cl. The van der Waals surface area contributed by atoms with Crippen molar-refractivity contribution in [2.24, 2.45) is 0 Å². The Morgan fingerprint density at radius 1 is 1.04 bits per heavy atom. The fourth-order valence-corrected chi connectivity index (χ4v) is 3.37.